The monoisotopic (exact) mass is 339 g/mol. The lowest BCUT2D eigenvalue weighted by molar-refractivity contribution is 0.0599. The molecule has 0 atom stereocenters. The minimum absolute atomic E-state index is 0.0602. The van der Waals surface area contributed by atoms with Gasteiger partial charge in [0.2, 0.25) is 5.43 Å². The molecule has 0 unspecified atom stereocenters. The second kappa shape index (κ2) is 7.09. The third kappa shape index (κ3) is 3.33. The molecule has 128 valence electrons. The van der Waals surface area contributed by atoms with Crippen molar-refractivity contribution >= 4 is 16.9 Å². The number of rotatable bonds is 5. The lowest BCUT2D eigenvalue weighted by Crippen LogP contribution is -2.17. The Bertz CT molecular complexity index is 963. The SMILES string of the molecule is COC(=O)c1c[nH]c2cc(OCc3ccccc3)c(OC)cc2c1=O. The molecule has 0 spiro atoms. The van der Waals surface area contributed by atoms with Gasteiger partial charge in [0.05, 0.1) is 25.1 Å². The molecule has 0 saturated carbocycles. The van der Waals surface area contributed by atoms with Crippen LogP contribution >= 0.6 is 0 Å². The van der Waals surface area contributed by atoms with Crippen molar-refractivity contribution in [2.45, 2.75) is 6.61 Å². The van der Waals surface area contributed by atoms with Crippen molar-refractivity contribution in [3.63, 3.8) is 0 Å². The van der Waals surface area contributed by atoms with Crippen LogP contribution in [0.1, 0.15) is 15.9 Å². The van der Waals surface area contributed by atoms with Gasteiger partial charge in [-0.1, -0.05) is 30.3 Å². The molecule has 0 saturated heterocycles. The molecule has 0 fully saturated rings. The number of nitrogens with one attached hydrogen (secondary N) is 1. The highest BCUT2D eigenvalue weighted by atomic mass is 16.5. The first kappa shape index (κ1) is 16.6. The van der Waals surface area contributed by atoms with Crippen molar-refractivity contribution < 1.29 is 19.0 Å². The van der Waals surface area contributed by atoms with E-state index < -0.39 is 11.4 Å². The summed E-state index contributed by atoms with van der Waals surface area (Å²) in [6, 6.07) is 12.9. The van der Waals surface area contributed by atoms with Crippen molar-refractivity contribution in [3.8, 4) is 11.5 Å². The highest BCUT2D eigenvalue weighted by molar-refractivity contribution is 5.94. The lowest BCUT2D eigenvalue weighted by atomic mass is 10.1. The highest BCUT2D eigenvalue weighted by Gasteiger charge is 2.16. The molecular weight excluding hydrogens is 322 g/mol. The van der Waals surface area contributed by atoms with Gasteiger partial charge in [0, 0.05) is 12.3 Å². The van der Waals surface area contributed by atoms with Gasteiger partial charge in [-0.25, -0.2) is 4.79 Å². The molecular formula is C19H17NO5. The van der Waals surface area contributed by atoms with E-state index in [1.54, 1.807) is 12.1 Å². The molecule has 0 aliphatic carbocycles. The number of carbonyl (C=O) groups excluding carboxylic acids is 1. The smallest absolute Gasteiger partial charge is 0.343 e. The summed E-state index contributed by atoms with van der Waals surface area (Å²) >= 11 is 0. The zero-order valence-corrected chi connectivity index (χ0v) is 13.9. The van der Waals surface area contributed by atoms with E-state index in [4.69, 9.17) is 9.47 Å². The molecule has 25 heavy (non-hydrogen) atoms. The van der Waals surface area contributed by atoms with E-state index in [-0.39, 0.29) is 5.56 Å². The standard InChI is InChI=1S/C19H17NO5/c1-23-16-8-13-15(20-10-14(18(13)21)19(22)24-2)9-17(16)25-11-12-6-4-3-5-7-12/h3-10H,11H2,1-2H3,(H,20,21). The van der Waals surface area contributed by atoms with Gasteiger partial charge in [-0.15, -0.1) is 0 Å². The second-order valence-electron chi connectivity index (χ2n) is 5.35. The fourth-order valence-corrected chi connectivity index (χ4v) is 2.50. The number of aromatic amines is 1. The highest BCUT2D eigenvalue weighted by Crippen LogP contribution is 2.31. The Morgan fingerprint density at radius 1 is 1.08 bits per heavy atom. The number of hydrogen-bond acceptors (Lipinski definition) is 5. The Balaban J connectivity index is 2.00. The van der Waals surface area contributed by atoms with Gasteiger partial charge in [-0.3, -0.25) is 4.79 Å². The number of benzene rings is 2. The maximum atomic E-state index is 12.5. The van der Waals surface area contributed by atoms with Crippen LogP contribution in [0.15, 0.2) is 53.5 Å². The molecule has 2 aromatic carbocycles. The summed E-state index contributed by atoms with van der Waals surface area (Å²) in [4.78, 5) is 27.1. The minimum atomic E-state index is -0.688. The molecule has 0 radical (unpaired) electrons. The molecule has 1 heterocycles. The summed E-state index contributed by atoms with van der Waals surface area (Å²) in [5.41, 5.74) is 1.07. The van der Waals surface area contributed by atoms with E-state index in [1.807, 2.05) is 30.3 Å². The number of methoxy groups -OCH3 is 2. The van der Waals surface area contributed by atoms with Crippen LogP contribution in [-0.2, 0) is 11.3 Å². The van der Waals surface area contributed by atoms with Gasteiger partial charge in [0.25, 0.3) is 0 Å². The van der Waals surface area contributed by atoms with E-state index >= 15 is 0 Å². The maximum absolute atomic E-state index is 12.5. The van der Waals surface area contributed by atoms with Gasteiger partial charge in [0.15, 0.2) is 11.5 Å². The number of esters is 1. The molecule has 3 aromatic rings. The molecule has 1 aromatic heterocycles. The normalized spacial score (nSPS) is 10.5. The van der Waals surface area contributed by atoms with Crippen LogP contribution in [-0.4, -0.2) is 25.2 Å². The fourth-order valence-electron chi connectivity index (χ4n) is 2.50. The topological polar surface area (TPSA) is 77.6 Å². The predicted molar refractivity (Wildman–Crippen MR) is 93.2 cm³/mol. The van der Waals surface area contributed by atoms with Crippen molar-refractivity contribution in [1.29, 1.82) is 0 Å². The van der Waals surface area contributed by atoms with Crippen LogP contribution in [0.2, 0.25) is 0 Å². The molecule has 0 aliphatic rings. The molecule has 1 N–H and O–H groups in total. The summed E-state index contributed by atoms with van der Waals surface area (Å²) in [5, 5.41) is 0.326. The van der Waals surface area contributed by atoms with Crippen LogP contribution in [0.4, 0.5) is 0 Å². The number of ether oxygens (including phenoxy) is 3. The predicted octanol–water partition coefficient (Wildman–Crippen LogP) is 2.90. The number of carbonyl (C=O) groups is 1. The lowest BCUT2D eigenvalue weighted by Gasteiger charge is -2.12. The van der Waals surface area contributed by atoms with E-state index in [0.717, 1.165) is 5.56 Å². The van der Waals surface area contributed by atoms with Crippen molar-refractivity contribution in [3.05, 3.63) is 70.0 Å². The first-order valence-electron chi connectivity index (χ1n) is 7.62. The molecule has 0 aliphatic heterocycles. The Kier molecular flexibility index (Phi) is 4.70. The van der Waals surface area contributed by atoms with Gasteiger partial charge >= 0.3 is 5.97 Å². The van der Waals surface area contributed by atoms with E-state index in [2.05, 4.69) is 9.72 Å². The molecule has 0 amide bonds. The number of aromatic nitrogens is 1. The average Bonchev–Trinajstić information content (AvgIpc) is 2.66. The van der Waals surface area contributed by atoms with Crippen molar-refractivity contribution in [2.75, 3.05) is 14.2 Å². The van der Waals surface area contributed by atoms with Crippen LogP contribution in [0.25, 0.3) is 10.9 Å². The van der Waals surface area contributed by atoms with Crippen LogP contribution in [0, 0.1) is 0 Å². The van der Waals surface area contributed by atoms with Gasteiger partial charge in [0.1, 0.15) is 12.2 Å². The summed E-state index contributed by atoms with van der Waals surface area (Å²) in [6.07, 6.45) is 1.34. The number of fused-ring (bicyclic) bond motifs is 1. The molecule has 6 nitrogen and oxygen atoms in total. The second-order valence-corrected chi connectivity index (χ2v) is 5.35. The summed E-state index contributed by atoms with van der Waals surface area (Å²) in [5.74, 6) is 0.225. The van der Waals surface area contributed by atoms with Crippen LogP contribution < -0.4 is 14.9 Å². The van der Waals surface area contributed by atoms with Crippen LogP contribution in [0.3, 0.4) is 0 Å². The minimum Gasteiger partial charge on any atom is -0.493 e. The number of pyridine rings is 1. The zero-order valence-electron chi connectivity index (χ0n) is 13.9. The first-order valence-corrected chi connectivity index (χ1v) is 7.62. The Hall–Kier alpha value is -3.28. The van der Waals surface area contributed by atoms with Crippen LogP contribution in [0.5, 0.6) is 11.5 Å². The Morgan fingerprint density at radius 2 is 1.84 bits per heavy atom. The summed E-state index contributed by atoms with van der Waals surface area (Å²) in [7, 11) is 2.72. The molecule has 6 heteroatoms. The average molecular weight is 339 g/mol. The van der Waals surface area contributed by atoms with Gasteiger partial charge in [-0.2, -0.15) is 0 Å². The first-order chi connectivity index (χ1) is 12.1. The number of H-pyrrole nitrogens is 1. The number of hydrogen-bond donors (Lipinski definition) is 1. The van der Waals surface area contributed by atoms with E-state index in [9.17, 15) is 9.59 Å². The third-order valence-corrected chi connectivity index (χ3v) is 3.81. The fraction of sp³-hybridized carbons (Fsp3) is 0.158. The van der Waals surface area contributed by atoms with Crippen molar-refractivity contribution in [2.24, 2.45) is 0 Å². The summed E-state index contributed by atoms with van der Waals surface area (Å²) in [6.45, 7) is 0.368. The van der Waals surface area contributed by atoms with E-state index in [0.29, 0.717) is 29.0 Å². The summed E-state index contributed by atoms with van der Waals surface area (Å²) < 4.78 is 15.8. The third-order valence-electron chi connectivity index (χ3n) is 3.81. The van der Waals surface area contributed by atoms with E-state index in [1.165, 1.54) is 20.4 Å². The van der Waals surface area contributed by atoms with Crippen molar-refractivity contribution in [1.82, 2.24) is 4.98 Å². The largest absolute Gasteiger partial charge is 0.493 e. The zero-order chi connectivity index (χ0) is 17.8. The Labute approximate surface area is 144 Å². The Morgan fingerprint density at radius 3 is 2.52 bits per heavy atom. The van der Waals surface area contributed by atoms with Gasteiger partial charge in [-0.05, 0) is 11.6 Å². The molecule has 0 bridgehead atoms. The molecule has 3 rings (SSSR count). The van der Waals surface area contributed by atoms with Gasteiger partial charge < -0.3 is 19.2 Å². The maximum Gasteiger partial charge on any atom is 0.343 e. The quantitative estimate of drug-likeness (QED) is 0.723.